The minimum atomic E-state index is -0.413. The van der Waals surface area contributed by atoms with E-state index in [-0.39, 0.29) is 6.61 Å². The molecule has 3 heteroatoms. The van der Waals surface area contributed by atoms with Crippen LogP contribution >= 0.6 is 0 Å². The summed E-state index contributed by atoms with van der Waals surface area (Å²) in [5.41, 5.74) is 2.27. The SMILES string of the molecule is Cc1ccc(OCC(=O)Oc2ccc(C)cc2)cc1. The average molecular weight is 256 g/mol. The van der Waals surface area contributed by atoms with Crippen molar-refractivity contribution in [3.05, 3.63) is 59.7 Å². The van der Waals surface area contributed by atoms with E-state index in [4.69, 9.17) is 9.47 Å². The molecule has 2 rings (SSSR count). The van der Waals surface area contributed by atoms with E-state index in [1.54, 1.807) is 12.1 Å². The predicted molar refractivity (Wildman–Crippen MR) is 73.5 cm³/mol. The number of ether oxygens (including phenoxy) is 2. The van der Waals surface area contributed by atoms with Gasteiger partial charge in [0.15, 0.2) is 6.61 Å². The van der Waals surface area contributed by atoms with Crippen LogP contribution in [0.2, 0.25) is 0 Å². The molecule has 0 spiro atoms. The van der Waals surface area contributed by atoms with Crippen LogP contribution in [-0.2, 0) is 4.79 Å². The molecule has 0 aromatic heterocycles. The van der Waals surface area contributed by atoms with Crippen molar-refractivity contribution in [3.8, 4) is 11.5 Å². The summed E-state index contributed by atoms with van der Waals surface area (Å²) in [5, 5.41) is 0. The largest absolute Gasteiger partial charge is 0.482 e. The third kappa shape index (κ3) is 4.14. The normalized spacial score (nSPS) is 10.0. The van der Waals surface area contributed by atoms with Gasteiger partial charge in [-0.3, -0.25) is 0 Å². The van der Waals surface area contributed by atoms with Crippen molar-refractivity contribution in [2.75, 3.05) is 6.61 Å². The lowest BCUT2D eigenvalue weighted by Crippen LogP contribution is -2.17. The van der Waals surface area contributed by atoms with Crippen molar-refractivity contribution < 1.29 is 14.3 Å². The van der Waals surface area contributed by atoms with E-state index in [1.807, 2.05) is 50.2 Å². The molecule has 0 aliphatic heterocycles. The van der Waals surface area contributed by atoms with Gasteiger partial charge in [-0.25, -0.2) is 4.79 Å². The zero-order valence-electron chi connectivity index (χ0n) is 11.1. The van der Waals surface area contributed by atoms with E-state index >= 15 is 0 Å². The topological polar surface area (TPSA) is 35.5 Å². The Bertz CT molecular complexity index is 541. The number of rotatable bonds is 4. The Labute approximate surface area is 112 Å². The fourth-order valence-electron chi connectivity index (χ4n) is 1.54. The summed E-state index contributed by atoms with van der Waals surface area (Å²) < 4.78 is 10.5. The number of carbonyl (C=O) groups is 1. The Morgan fingerprint density at radius 2 is 1.32 bits per heavy atom. The molecule has 0 saturated carbocycles. The molecule has 98 valence electrons. The van der Waals surface area contributed by atoms with E-state index in [0.29, 0.717) is 11.5 Å². The third-order valence-corrected chi connectivity index (χ3v) is 2.63. The number of hydrogen-bond acceptors (Lipinski definition) is 3. The monoisotopic (exact) mass is 256 g/mol. The van der Waals surface area contributed by atoms with Crippen molar-refractivity contribution in [1.82, 2.24) is 0 Å². The number of benzene rings is 2. The molecule has 2 aromatic carbocycles. The molecule has 0 atom stereocenters. The summed E-state index contributed by atoms with van der Waals surface area (Å²) >= 11 is 0. The Kier molecular flexibility index (Phi) is 4.18. The lowest BCUT2D eigenvalue weighted by molar-refractivity contribution is -0.136. The van der Waals surface area contributed by atoms with Crippen LogP contribution < -0.4 is 9.47 Å². The minimum Gasteiger partial charge on any atom is -0.482 e. The Morgan fingerprint density at radius 3 is 1.84 bits per heavy atom. The van der Waals surface area contributed by atoms with E-state index < -0.39 is 5.97 Å². The maximum Gasteiger partial charge on any atom is 0.349 e. The molecule has 0 fully saturated rings. The molecule has 0 unspecified atom stereocenters. The van der Waals surface area contributed by atoms with Gasteiger partial charge in [0.1, 0.15) is 11.5 Å². The molecule has 0 radical (unpaired) electrons. The first-order valence-electron chi connectivity index (χ1n) is 6.10. The molecular weight excluding hydrogens is 240 g/mol. The number of esters is 1. The first-order valence-corrected chi connectivity index (χ1v) is 6.10. The summed E-state index contributed by atoms with van der Waals surface area (Å²) in [6, 6.07) is 14.8. The van der Waals surface area contributed by atoms with Gasteiger partial charge < -0.3 is 9.47 Å². The zero-order valence-corrected chi connectivity index (χ0v) is 11.1. The van der Waals surface area contributed by atoms with E-state index in [0.717, 1.165) is 11.1 Å². The first kappa shape index (κ1) is 13.1. The van der Waals surface area contributed by atoms with Crippen LogP contribution in [0.25, 0.3) is 0 Å². The van der Waals surface area contributed by atoms with Crippen molar-refractivity contribution >= 4 is 5.97 Å². The van der Waals surface area contributed by atoms with Crippen LogP contribution in [0.3, 0.4) is 0 Å². The Balaban J connectivity index is 1.84. The Morgan fingerprint density at radius 1 is 0.842 bits per heavy atom. The summed E-state index contributed by atoms with van der Waals surface area (Å²) in [6.07, 6.45) is 0. The predicted octanol–water partition coefficient (Wildman–Crippen LogP) is 3.29. The zero-order chi connectivity index (χ0) is 13.7. The van der Waals surface area contributed by atoms with Crippen LogP contribution in [0.5, 0.6) is 11.5 Å². The molecule has 0 aliphatic carbocycles. The summed E-state index contributed by atoms with van der Waals surface area (Å²) in [4.78, 5) is 11.6. The molecule has 0 N–H and O–H groups in total. The Hall–Kier alpha value is -2.29. The maximum atomic E-state index is 11.6. The van der Waals surface area contributed by atoms with Gasteiger partial charge in [0.25, 0.3) is 0 Å². The molecule has 0 saturated heterocycles. The number of hydrogen-bond donors (Lipinski definition) is 0. The van der Waals surface area contributed by atoms with Crippen molar-refractivity contribution in [2.45, 2.75) is 13.8 Å². The van der Waals surface area contributed by atoms with Crippen molar-refractivity contribution in [1.29, 1.82) is 0 Å². The molecule has 0 heterocycles. The second-order valence-electron chi connectivity index (χ2n) is 4.39. The smallest absolute Gasteiger partial charge is 0.349 e. The van der Waals surface area contributed by atoms with Crippen LogP contribution in [0.15, 0.2) is 48.5 Å². The minimum absolute atomic E-state index is 0.100. The second-order valence-corrected chi connectivity index (χ2v) is 4.39. The van der Waals surface area contributed by atoms with Crippen molar-refractivity contribution in [2.24, 2.45) is 0 Å². The van der Waals surface area contributed by atoms with E-state index in [1.165, 1.54) is 0 Å². The van der Waals surface area contributed by atoms with Gasteiger partial charge in [0.05, 0.1) is 0 Å². The number of carbonyl (C=O) groups excluding carboxylic acids is 1. The van der Waals surface area contributed by atoms with Gasteiger partial charge in [-0.1, -0.05) is 35.4 Å². The van der Waals surface area contributed by atoms with Gasteiger partial charge in [-0.15, -0.1) is 0 Å². The number of aryl methyl sites for hydroxylation is 2. The highest BCUT2D eigenvalue weighted by Crippen LogP contribution is 2.13. The molecule has 2 aromatic rings. The van der Waals surface area contributed by atoms with Gasteiger partial charge in [0.2, 0.25) is 0 Å². The molecule has 0 aliphatic rings. The third-order valence-electron chi connectivity index (χ3n) is 2.63. The lowest BCUT2D eigenvalue weighted by atomic mass is 10.2. The molecule has 3 nitrogen and oxygen atoms in total. The standard InChI is InChI=1S/C16H16O3/c1-12-3-7-14(8-4-12)18-11-16(17)19-15-9-5-13(2)6-10-15/h3-10H,11H2,1-2H3. The highest BCUT2D eigenvalue weighted by atomic mass is 16.6. The highest BCUT2D eigenvalue weighted by Gasteiger charge is 2.05. The van der Waals surface area contributed by atoms with Gasteiger partial charge in [-0.2, -0.15) is 0 Å². The second kappa shape index (κ2) is 6.05. The van der Waals surface area contributed by atoms with Crippen LogP contribution in [0, 0.1) is 13.8 Å². The maximum absolute atomic E-state index is 11.6. The van der Waals surface area contributed by atoms with E-state index in [9.17, 15) is 4.79 Å². The van der Waals surface area contributed by atoms with Crippen LogP contribution in [0.1, 0.15) is 11.1 Å². The van der Waals surface area contributed by atoms with Gasteiger partial charge in [-0.05, 0) is 38.1 Å². The highest BCUT2D eigenvalue weighted by molar-refractivity contribution is 5.73. The molecule has 0 bridgehead atoms. The van der Waals surface area contributed by atoms with Gasteiger partial charge in [0, 0.05) is 0 Å². The quantitative estimate of drug-likeness (QED) is 0.622. The van der Waals surface area contributed by atoms with Crippen molar-refractivity contribution in [3.63, 3.8) is 0 Å². The fraction of sp³-hybridized carbons (Fsp3) is 0.188. The fourth-order valence-corrected chi connectivity index (χ4v) is 1.54. The average Bonchev–Trinajstić information content (AvgIpc) is 2.41. The summed E-state index contributed by atoms with van der Waals surface area (Å²) in [5.74, 6) is 0.777. The molecule has 0 amide bonds. The van der Waals surface area contributed by atoms with E-state index in [2.05, 4.69) is 0 Å². The molecular formula is C16H16O3. The van der Waals surface area contributed by atoms with Crippen LogP contribution in [0.4, 0.5) is 0 Å². The van der Waals surface area contributed by atoms with Gasteiger partial charge >= 0.3 is 5.97 Å². The summed E-state index contributed by atoms with van der Waals surface area (Å²) in [6.45, 7) is 3.87. The first-order chi connectivity index (χ1) is 9.13. The summed E-state index contributed by atoms with van der Waals surface area (Å²) in [7, 11) is 0. The lowest BCUT2D eigenvalue weighted by Gasteiger charge is -2.07. The van der Waals surface area contributed by atoms with Crippen LogP contribution in [-0.4, -0.2) is 12.6 Å². The molecule has 19 heavy (non-hydrogen) atoms.